The van der Waals surface area contributed by atoms with Crippen molar-refractivity contribution in [3.63, 3.8) is 0 Å². The molecule has 10 heavy (non-hydrogen) atoms. The summed E-state index contributed by atoms with van der Waals surface area (Å²) in [6, 6.07) is -0.576. The molecule has 0 unspecified atom stereocenters. The topological polar surface area (TPSA) is 83.8 Å². The number of rotatable bonds is 2. The van der Waals surface area contributed by atoms with Crippen molar-refractivity contribution >= 4 is 18.0 Å². The summed E-state index contributed by atoms with van der Waals surface area (Å²) in [5.74, 6) is 0. The molecule has 0 saturated carbocycles. The Morgan fingerprint density at radius 2 is 2.70 bits per heavy atom. The van der Waals surface area contributed by atoms with Gasteiger partial charge in [-0.3, -0.25) is 4.72 Å². The molecule has 0 bridgehead atoms. The van der Waals surface area contributed by atoms with E-state index < -0.39 is 6.03 Å². The van der Waals surface area contributed by atoms with E-state index in [0.717, 1.165) is 11.9 Å². The van der Waals surface area contributed by atoms with E-state index in [1.165, 1.54) is 6.33 Å². The molecule has 54 valence electrons. The van der Waals surface area contributed by atoms with Crippen LogP contribution in [0.4, 0.5) is 4.79 Å². The third kappa shape index (κ3) is 1.98. The fourth-order valence-corrected chi connectivity index (χ4v) is 0.843. The van der Waals surface area contributed by atoms with Crippen LogP contribution in [0.1, 0.15) is 0 Å². The van der Waals surface area contributed by atoms with Crippen molar-refractivity contribution in [3.05, 3.63) is 12.5 Å². The highest BCUT2D eigenvalue weighted by atomic mass is 32.2. The number of urea groups is 1. The molecule has 0 aliphatic carbocycles. The second-order valence-electron chi connectivity index (χ2n) is 1.48. The highest BCUT2D eigenvalue weighted by molar-refractivity contribution is 7.97. The minimum Gasteiger partial charge on any atom is -0.351 e. The zero-order valence-corrected chi connectivity index (χ0v) is 5.81. The minimum atomic E-state index is -0.576. The summed E-state index contributed by atoms with van der Waals surface area (Å²) in [6.45, 7) is 0. The van der Waals surface area contributed by atoms with E-state index in [2.05, 4.69) is 14.7 Å². The van der Waals surface area contributed by atoms with Crippen LogP contribution in [0, 0.1) is 0 Å². The minimum absolute atomic E-state index is 0.576. The molecule has 0 aromatic carbocycles. The molecule has 0 radical (unpaired) electrons. The number of amides is 2. The van der Waals surface area contributed by atoms with Crippen LogP contribution in [0.5, 0.6) is 0 Å². The van der Waals surface area contributed by atoms with Crippen LogP contribution in [0.3, 0.4) is 0 Å². The van der Waals surface area contributed by atoms with Gasteiger partial charge in [-0.2, -0.15) is 0 Å². The average molecular weight is 158 g/mol. The quantitative estimate of drug-likeness (QED) is 0.533. The molecule has 0 atom stereocenters. The molecule has 0 aliphatic rings. The largest absolute Gasteiger partial charge is 0.351 e. The van der Waals surface area contributed by atoms with Gasteiger partial charge in [0.1, 0.15) is 5.03 Å². The summed E-state index contributed by atoms with van der Waals surface area (Å²) in [5.41, 5.74) is 4.80. The fourth-order valence-electron chi connectivity index (χ4n) is 0.405. The molecule has 0 saturated heterocycles. The number of aromatic amines is 1. The number of aromatic nitrogens is 2. The van der Waals surface area contributed by atoms with Crippen LogP contribution in [0.15, 0.2) is 17.6 Å². The van der Waals surface area contributed by atoms with Gasteiger partial charge in [0.15, 0.2) is 0 Å². The molecule has 1 heterocycles. The van der Waals surface area contributed by atoms with Gasteiger partial charge in [0.25, 0.3) is 0 Å². The molecule has 4 N–H and O–H groups in total. The molecule has 6 heteroatoms. The number of carbonyl (C=O) groups is 1. The Morgan fingerprint density at radius 1 is 1.90 bits per heavy atom. The summed E-state index contributed by atoms with van der Waals surface area (Å²) < 4.78 is 2.32. The van der Waals surface area contributed by atoms with Crippen molar-refractivity contribution in [2.45, 2.75) is 5.03 Å². The summed E-state index contributed by atoms with van der Waals surface area (Å²) in [5, 5.41) is 0.679. The molecule has 1 aromatic rings. The predicted octanol–water partition coefficient (Wildman–Crippen LogP) is 0.0851. The van der Waals surface area contributed by atoms with Crippen molar-refractivity contribution in [3.8, 4) is 0 Å². The lowest BCUT2D eigenvalue weighted by molar-refractivity contribution is 0.254. The van der Waals surface area contributed by atoms with E-state index in [9.17, 15) is 4.79 Å². The second-order valence-corrected chi connectivity index (χ2v) is 2.30. The van der Waals surface area contributed by atoms with Gasteiger partial charge in [-0.05, 0) is 0 Å². The lowest BCUT2D eigenvalue weighted by Crippen LogP contribution is -2.22. The molecular formula is C4H6N4OS. The van der Waals surface area contributed by atoms with E-state index in [0.29, 0.717) is 5.03 Å². The van der Waals surface area contributed by atoms with E-state index in [1.807, 2.05) is 0 Å². The number of hydrogen-bond acceptors (Lipinski definition) is 3. The Labute approximate surface area is 61.5 Å². The first-order chi connectivity index (χ1) is 4.79. The predicted molar refractivity (Wildman–Crippen MR) is 37.2 cm³/mol. The molecule has 0 spiro atoms. The van der Waals surface area contributed by atoms with E-state index in [4.69, 9.17) is 5.73 Å². The van der Waals surface area contributed by atoms with Crippen LogP contribution < -0.4 is 10.5 Å². The smallest absolute Gasteiger partial charge is 0.322 e. The first-order valence-corrected chi connectivity index (χ1v) is 3.32. The van der Waals surface area contributed by atoms with Crippen molar-refractivity contribution < 1.29 is 4.79 Å². The SMILES string of the molecule is NC(=O)NSc1c[nH]cn1. The Bertz CT molecular complexity index is 209. The van der Waals surface area contributed by atoms with Crippen LogP contribution in [-0.4, -0.2) is 16.0 Å². The third-order valence-electron chi connectivity index (χ3n) is 0.729. The maximum Gasteiger partial charge on any atom is 0.322 e. The van der Waals surface area contributed by atoms with Crippen molar-refractivity contribution in [2.75, 3.05) is 0 Å². The number of hydrogen-bond donors (Lipinski definition) is 3. The molecule has 5 nitrogen and oxygen atoms in total. The van der Waals surface area contributed by atoms with E-state index >= 15 is 0 Å². The van der Waals surface area contributed by atoms with Crippen LogP contribution in [0.25, 0.3) is 0 Å². The third-order valence-corrected chi connectivity index (χ3v) is 1.46. The fraction of sp³-hybridized carbons (Fsp3) is 0. The molecule has 0 fully saturated rings. The Hall–Kier alpha value is -1.17. The van der Waals surface area contributed by atoms with Crippen molar-refractivity contribution in [1.82, 2.24) is 14.7 Å². The van der Waals surface area contributed by atoms with E-state index in [1.54, 1.807) is 6.20 Å². The standard InChI is InChI=1S/C4H6N4OS/c5-4(9)8-10-3-1-6-2-7-3/h1-2H,(H,6,7)(H3,5,8,9). The molecule has 1 rings (SSSR count). The number of nitrogens with zero attached hydrogens (tertiary/aromatic N) is 1. The second kappa shape index (κ2) is 3.11. The maximum absolute atomic E-state index is 10.1. The Morgan fingerprint density at radius 3 is 3.20 bits per heavy atom. The Kier molecular flexibility index (Phi) is 2.16. The maximum atomic E-state index is 10.1. The summed E-state index contributed by atoms with van der Waals surface area (Å²) in [6.07, 6.45) is 3.17. The molecule has 0 aliphatic heterocycles. The number of nitrogens with one attached hydrogen (secondary N) is 2. The van der Waals surface area contributed by atoms with Crippen LogP contribution >= 0.6 is 11.9 Å². The highest BCUT2D eigenvalue weighted by Crippen LogP contribution is 2.07. The monoisotopic (exact) mass is 158 g/mol. The highest BCUT2D eigenvalue weighted by Gasteiger charge is 1.95. The van der Waals surface area contributed by atoms with Gasteiger partial charge in [0.05, 0.1) is 6.33 Å². The Balaban J connectivity index is 2.35. The van der Waals surface area contributed by atoms with E-state index in [-0.39, 0.29) is 0 Å². The number of nitrogens with two attached hydrogens (primary N) is 1. The van der Waals surface area contributed by atoms with Gasteiger partial charge in [-0.25, -0.2) is 9.78 Å². The van der Waals surface area contributed by atoms with Gasteiger partial charge in [0.2, 0.25) is 0 Å². The van der Waals surface area contributed by atoms with Gasteiger partial charge in [-0.15, -0.1) is 0 Å². The molecular weight excluding hydrogens is 152 g/mol. The lowest BCUT2D eigenvalue weighted by Gasteiger charge is -1.93. The van der Waals surface area contributed by atoms with Gasteiger partial charge in [0, 0.05) is 18.1 Å². The van der Waals surface area contributed by atoms with Crippen LogP contribution in [0.2, 0.25) is 0 Å². The first kappa shape index (κ1) is 6.94. The van der Waals surface area contributed by atoms with Crippen molar-refractivity contribution in [2.24, 2.45) is 5.73 Å². The first-order valence-electron chi connectivity index (χ1n) is 2.50. The van der Waals surface area contributed by atoms with Gasteiger partial charge >= 0.3 is 6.03 Å². The zero-order valence-electron chi connectivity index (χ0n) is 5.00. The average Bonchev–Trinajstić information content (AvgIpc) is 2.34. The number of imidazole rings is 1. The zero-order chi connectivity index (χ0) is 7.40. The van der Waals surface area contributed by atoms with Crippen LogP contribution in [-0.2, 0) is 0 Å². The number of H-pyrrole nitrogens is 1. The lowest BCUT2D eigenvalue weighted by atomic mass is 11.0. The van der Waals surface area contributed by atoms with Gasteiger partial charge in [-0.1, -0.05) is 0 Å². The number of carbonyl (C=O) groups excluding carboxylic acids is 1. The summed E-state index contributed by atoms with van der Waals surface area (Å²) in [4.78, 5) is 16.7. The van der Waals surface area contributed by atoms with Gasteiger partial charge < -0.3 is 10.7 Å². The number of primary amides is 1. The summed E-state index contributed by atoms with van der Waals surface area (Å²) in [7, 11) is 0. The van der Waals surface area contributed by atoms with Crippen molar-refractivity contribution in [1.29, 1.82) is 0 Å². The normalized spacial score (nSPS) is 9.20. The molecule has 1 aromatic heterocycles. The molecule has 2 amide bonds. The summed E-state index contributed by atoms with van der Waals surface area (Å²) >= 11 is 1.07.